The van der Waals surface area contributed by atoms with Crippen molar-refractivity contribution in [2.75, 3.05) is 7.05 Å². The normalized spacial score (nSPS) is 14.9. The molecule has 3 nitrogen and oxygen atoms in total. The van der Waals surface area contributed by atoms with Crippen LogP contribution in [0.1, 0.15) is 26.3 Å². The Morgan fingerprint density at radius 1 is 1.21 bits per heavy atom. The maximum Gasteiger partial charge on any atom is 0.261 e. The molecule has 0 atom stereocenters. The lowest BCUT2D eigenvalue weighted by Gasteiger charge is -2.02. The molecule has 0 aliphatic carbocycles. The summed E-state index contributed by atoms with van der Waals surface area (Å²) in [4.78, 5) is 24.2. The molecule has 0 saturated heterocycles. The van der Waals surface area contributed by atoms with Crippen LogP contribution in [0.25, 0.3) is 0 Å². The van der Waals surface area contributed by atoms with Gasteiger partial charge in [-0.2, -0.15) is 0 Å². The van der Waals surface area contributed by atoms with E-state index in [9.17, 15) is 9.59 Å². The summed E-state index contributed by atoms with van der Waals surface area (Å²) < 4.78 is 0. The highest BCUT2D eigenvalue weighted by Crippen LogP contribution is 2.23. The monoisotopic (exact) mass is 253 g/mol. The van der Waals surface area contributed by atoms with Crippen molar-refractivity contribution >= 4 is 27.7 Å². The van der Waals surface area contributed by atoms with E-state index in [0.717, 1.165) is 10.5 Å². The van der Waals surface area contributed by atoms with E-state index in [2.05, 4.69) is 15.9 Å². The van der Waals surface area contributed by atoms with E-state index in [4.69, 9.17) is 0 Å². The van der Waals surface area contributed by atoms with E-state index < -0.39 is 0 Å². The third-order valence-electron chi connectivity index (χ3n) is 2.31. The molecule has 0 aromatic heterocycles. The summed E-state index contributed by atoms with van der Waals surface area (Å²) in [5.74, 6) is -0.432. The molecule has 72 valence electrons. The summed E-state index contributed by atoms with van der Waals surface area (Å²) >= 11 is 3.31. The van der Waals surface area contributed by atoms with Crippen LogP contribution >= 0.6 is 15.9 Å². The second kappa shape index (κ2) is 3.20. The molecule has 0 N–H and O–H groups in total. The summed E-state index contributed by atoms with van der Waals surface area (Å²) in [5, 5.41) is 0.686. The highest BCUT2D eigenvalue weighted by atomic mass is 79.9. The summed E-state index contributed by atoms with van der Waals surface area (Å²) in [5.41, 5.74) is 2.01. The lowest BCUT2D eigenvalue weighted by atomic mass is 10.1. The average Bonchev–Trinajstić information content (AvgIpc) is 2.44. The summed E-state index contributed by atoms with van der Waals surface area (Å²) in [7, 11) is 1.50. The van der Waals surface area contributed by atoms with Gasteiger partial charge in [0.2, 0.25) is 0 Å². The zero-order chi connectivity index (χ0) is 10.3. The van der Waals surface area contributed by atoms with Crippen LogP contribution in [0.5, 0.6) is 0 Å². The fourth-order valence-electron chi connectivity index (χ4n) is 1.49. The van der Waals surface area contributed by atoms with Crippen LogP contribution in [-0.4, -0.2) is 23.8 Å². The van der Waals surface area contributed by atoms with Crippen LogP contribution in [0.3, 0.4) is 0 Å². The van der Waals surface area contributed by atoms with Crippen molar-refractivity contribution in [2.45, 2.75) is 5.33 Å². The second-order valence-corrected chi connectivity index (χ2v) is 3.74. The van der Waals surface area contributed by atoms with Crippen LogP contribution in [0.2, 0.25) is 0 Å². The number of hydrogen-bond donors (Lipinski definition) is 0. The van der Waals surface area contributed by atoms with Gasteiger partial charge in [0.25, 0.3) is 11.8 Å². The molecule has 1 aliphatic rings. The largest absolute Gasteiger partial charge is 0.277 e. The summed E-state index contributed by atoms with van der Waals surface area (Å²) in [6.07, 6.45) is 0. The van der Waals surface area contributed by atoms with Crippen LogP contribution in [0.4, 0.5) is 0 Å². The minimum absolute atomic E-state index is 0.215. The lowest BCUT2D eigenvalue weighted by molar-refractivity contribution is 0.0693. The van der Waals surface area contributed by atoms with Crippen molar-refractivity contribution in [3.63, 3.8) is 0 Å². The van der Waals surface area contributed by atoms with Gasteiger partial charge in [0.1, 0.15) is 0 Å². The summed E-state index contributed by atoms with van der Waals surface area (Å²) in [6.45, 7) is 0. The van der Waals surface area contributed by atoms with Gasteiger partial charge in [-0.1, -0.05) is 22.0 Å². The van der Waals surface area contributed by atoms with Crippen molar-refractivity contribution in [3.05, 3.63) is 34.9 Å². The van der Waals surface area contributed by atoms with Gasteiger partial charge >= 0.3 is 0 Å². The zero-order valence-corrected chi connectivity index (χ0v) is 9.17. The van der Waals surface area contributed by atoms with E-state index >= 15 is 0 Å². The number of carbonyl (C=O) groups excluding carboxylic acids is 2. The van der Waals surface area contributed by atoms with Gasteiger partial charge in [0.15, 0.2) is 0 Å². The number of rotatable bonds is 1. The minimum Gasteiger partial charge on any atom is -0.277 e. The number of carbonyl (C=O) groups is 2. The van der Waals surface area contributed by atoms with Crippen molar-refractivity contribution in [1.82, 2.24) is 4.90 Å². The van der Waals surface area contributed by atoms with Crippen molar-refractivity contribution in [3.8, 4) is 0 Å². The van der Waals surface area contributed by atoms with Crippen LogP contribution in [0.15, 0.2) is 18.2 Å². The Morgan fingerprint density at radius 2 is 1.86 bits per heavy atom. The minimum atomic E-state index is -0.217. The molecular weight excluding hydrogens is 246 g/mol. The first kappa shape index (κ1) is 9.40. The van der Waals surface area contributed by atoms with E-state index in [1.165, 1.54) is 7.05 Å². The molecule has 1 aromatic rings. The predicted octanol–water partition coefficient (Wildman–Crippen LogP) is 1.81. The Labute approximate surface area is 89.8 Å². The Kier molecular flexibility index (Phi) is 2.15. The molecule has 1 aromatic carbocycles. The van der Waals surface area contributed by atoms with Gasteiger partial charge in [0.05, 0.1) is 11.1 Å². The molecule has 4 heteroatoms. The maximum absolute atomic E-state index is 11.6. The van der Waals surface area contributed by atoms with E-state index in [1.807, 2.05) is 6.07 Å². The molecule has 0 bridgehead atoms. The SMILES string of the molecule is CN1C(=O)c2ccc(CBr)cc2C1=O. The van der Waals surface area contributed by atoms with Gasteiger partial charge in [-0.05, 0) is 17.7 Å². The van der Waals surface area contributed by atoms with E-state index in [0.29, 0.717) is 16.5 Å². The van der Waals surface area contributed by atoms with Crippen LogP contribution in [0, 0.1) is 0 Å². The second-order valence-electron chi connectivity index (χ2n) is 3.18. The van der Waals surface area contributed by atoms with Crippen molar-refractivity contribution in [1.29, 1.82) is 0 Å². The maximum atomic E-state index is 11.6. The highest BCUT2D eigenvalue weighted by molar-refractivity contribution is 9.08. The first-order valence-corrected chi connectivity index (χ1v) is 5.28. The predicted molar refractivity (Wildman–Crippen MR) is 55.5 cm³/mol. The number of hydrogen-bond acceptors (Lipinski definition) is 2. The van der Waals surface area contributed by atoms with Crippen LogP contribution < -0.4 is 0 Å². The fourth-order valence-corrected chi connectivity index (χ4v) is 1.84. The molecule has 0 fully saturated rings. The molecule has 2 amide bonds. The van der Waals surface area contributed by atoms with Gasteiger partial charge in [-0.3, -0.25) is 14.5 Å². The molecule has 14 heavy (non-hydrogen) atoms. The quantitative estimate of drug-likeness (QED) is 0.566. The van der Waals surface area contributed by atoms with Gasteiger partial charge in [-0.25, -0.2) is 0 Å². The molecule has 1 aliphatic heterocycles. The number of nitrogens with zero attached hydrogens (tertiary/aromatic N) is 1. The van der Waals surface area contributed by atoms with E-state index in [-0.39, 0.29) is 11.8 Å². The Morgan fingerprint density at radius 3 is 2.50 bits per heavy atom. The Balaban J connectivity index is 2.59. The molecule has 0 radical (unpaired) electrons. The average molecular weight is 254 g/mol. The van der Waals surface area contributed by atoms with Gasteiger partial charge < -0.3 is 0 Å². The number of fused-ring (bicyclic) bond motifs is 1. The molecule has 1 heterocycles. The first-order valence-electron chi connectivity index (χ1n) is 4.16. The fraction of sp³-hybridized carbons (Fsp3) is 0.200. The summed E-state index contributed by atoms with van der Waals surface area (Å²) in [6, 6.07) is 5.31. The third kappa shape index (κ3) is 1.18. The molecular formula is C10H8BrNO2. The third-order valence-corrected chi connectivity index (χ3v) is 2.96. The van der Waals surface area contributed by atoms with Crippen molar-refractivity contribution in [2.24, 2.45) is 0 Å². The number of alkyl halides is 1. The zero-order valence-electron chi connectivity index (χ0n) is 7.58. The lowest BCUT2D eigenvalue weighted by Crippen LogP contribution is -2.24. The number of halogens is 1. The standard InChI is InChI=1S/C10H8BrNO2/c1-12-9(13)7-3-2-6(5-11)4-8(7)10(12)14/h2-4H,5H2,1H3. The van der Waals surface area contributed by atoms with Gasteiger partial charge in [-0.15, -0.1) is 0 Å². The number of amides is 2. The Bertz CT molecular complexity index is 428. The van der Waals surface area contributed by atoms with Crippen molar-refractivity contribution < 1.29 is 9.59 Å². The molecule has 0 unspecified atom stereocenters. The highest BCUT2D eigenvalue weighted by Gasteiger charge is 2.32. The molecule has 2 rings (SSSR count). The first-order chi connectivity index (χ1) is 6.65. The van der Waals surface area contributed by atoms with E-state index in [1.54, 1.807) is 12.1 Å². The molecule has 0 saturated carbocycles. The van der Waals surface area contributed by atoms with Gasteiger partial charge in [0, 0.05) is 12.4 Å². The number of imide groups is 1. The topological polar surface area (TPSA) is 37.4 Å². The van der Waals surface area contributed by atoms with Crippen LogP contribution in [-0.2, 0) is 5.33 Å². The Hall–Kier alpha value is -1.16. The number of benzene rings is 1. The smallest absolute Gasteiger partial charge is 0.261 e. The molecule has 0 spiro atoms.